The van der Waals surface area contributed by atoms with Crippen molar-refractivity contribution in [3.05, 3.63) is 65.2 Å². The van der Waals surface area contributed by atoms with E-state index in [0.717, 1.165) is 12.8 Å². The third-order valence-electron chi connectivity index (χ3n) is 3.63. The number of ether oxygens (including phenoxy) is 2. The number of esters is 1. The maximum Gasteiger partial charge on any atom is 0.338 e. The van der Waals surface area contributed by atoms with Crippen molar-refractivity contribution in [2.45, 2.75) is 25.9 Å². The zero-order valence-corrected chi connectivity index (χ0v) is 16.3. The molecule has 0 bridgehead atoms. The topological polar surface area (TPSA) is 52.6 Å². The molecule has 4 nitrogen and oxygen atoms in total. The van der Waals surface area contributed by atoms with Crippen molar-refractivity contribution in [3.63, 3.8) is 0 Å². The molecule has 0 fully saturated rings. The van der Waals surface area contributed by atoms with Crippen LogP contribution in [0, 0.1) is 0 Å². The summed E-state index contributed by atoms with van der Waals surface area (Å²) < 4.78 is 23.5. The lowest BCUT2D eigenvalue weighted by Crippen LogP contribution is -2.31. The quantitative estimate of drug-likeness (QED) is 0.557. The zero-order chi connectivity index (χ0) is 18.8. The standard InChI is InChI=1S/C20H23ClO4S/c1-2-3-13-26(23)15-19(14-24-18-11-9-17(21)10-12-18)25-20(22)16-7-5-4-6-8-16/h4-12,19H,2-3,13-15H2,1H3/t19-,26+/m0/s1. The maximum atomic E-state index is 12.3. The van der Waals surface area contributed by atoms with Crippen LogP contribution in [-0.2, 0) is 15.5 Å². The Bertz CT molecular complexity index is 704. The predicted molar refractivity (Wildman–Crippen MR) is 105 cm³/mol. The fraction of sp³-hybridized carbons (Fsp3) is 0.350. The van der Waals surface area contributed by atoms with Gasteiger partial charge in [-0.05, 0) is 42.8 Å². The van der Waals surface area contributed by atoms with Crippen molar-refractivity contribution in [1.29, 1.82) is 0 Å². The molecule has 0 amide bonds. The highest BCUT2D eigenvalue weighted by molar-refractivity contribution is 7.85. The lowest BCUT2D eigenvalue weighted by Gasteiger charge is -2.18. The average molecular weight is 395 g/mol. The van der Waals surface area contributed by atoms with E-state index in [1.807, 2.05) is 13.0 Å². The van der Waals surface area contributed by atoms with Gasteiger partial charge in [-0.25, -0.2) is 4.79 Å². The van der Waals surface area contributed by atoms with Crippen LogP contribution in [0.5, 0.6) is 5.75 Å². The number of hydrogen-bond acceptors (Lipinski definition) is 4. The number of carbonyl (C=O) groups excluding carboxylic acids is 1. The van der Waals surface area contributed by atoms with Crippen molar-refractivity contribution in [2.75, 3.05) is 18.1 Å². The van der Waals surface area contributed by atoms with E-state index in [9.17, 15) is 9.00 Å². The Morgan fingerprint density at radius 3 is 2.46 bits per heavy atom. The van der Waals surface area contributed by atoms with Crippen LogP contribution in [0.15, 0.2) is 54.6 Å². The molecule has 0 aliphatic carbocycles. The molecule has 2 atom stereocenters. The number of rotatable bonds is 10. The minimum absolute atomic E-state index is 0.137. The summed E-state index contributed by atoms with van der Waals surface area (Å²) in [6.07, 6.45) is 1.27. The van der Waals surface area contributed by atoms with Gasteiger partial charge in [0.1, 0.15) is 18.5 Å². The predicted octanol–water partition coefficient (Wildman–Crippen LogP) is 4.49. The van der Waals surface area contributed by atoms with Gasteiger partial charge in [-0.2, -0.15) is 0 Å². The van der Waals surface area contributed by atoms with Gasteiger partial charge in [0.05, 0.1) is 11.3 Å². The van der Waals surface area contributed by atoms with Crippen molar-refractivity contribution in [3.8, 4) is 5.75 Å². The Hall–Kier alpha value is -1.85. The molecule has 2 aromatic rings. The first-order chi connectivity index (χ1) is 12.6. The smallest absolute Gasteiger partial charge is 0.338 e. The van der Waals surface area contributed by atoms with E-state index in [1.54, 1.807) is 48.5 Å². The molecule has 2 rings (SSSR count). The Kier molecular flexibility index (Phi) is 8.65. The molecule has 0 spiro atoms. The van der Waals surface area contributed by atoms with Crippen LogP contribution >= 0.6 is 11.6 Å². The SMILES string of the molecule is CCCC[S@@](=O)C[C@H](COc1ccc(Cl)cc1)OC(=O)c1ccccc1. The lowest BCUT2D eigenvalue weighted by molar-refractivity contribution is 0.0239. The molecule has 26 heavy (non-hydrogen) atoms. The molecule has 0 unspecified atom stereocenters. The van der Waals surface area contributed by atoms with Crippen molar-refractivity contribution in [2.24, 2.45) is 0 Å². The molecule has 140 valence electrons. The fourth-order valence-electron chi connectivity index (χ4n) is 2.23. The Labute approximate surface area is 161 Å². The minimum Gasteiger partial charge on any atom is -0.490 e. The first-order valence-corrected chi connectivity index (χ1v) is 10.4. The molecule has 0 aromatic heterocycles. The Morgan fingerprint density at radius 2 is 1.81 bits per heavy atom. The first-order valence-electron chi connectivity index (χ1n) is 8.58. The van der Waals surface area contributed by atoms with E-state index in [2.05, 4.69) is 0 Å². The van der Waals surface area contributed by atoms with E-state index >= 15 is 0 Å². The van der Waals surface area contributed by atoms with Gasteiger partial charge in [-0.15, -0.1) is 0 Å². The molecule has 0 radical (unpaired) electrons. The lowest BCUT2D eigenvalue weighted by atomic mass is 10.2. The Balaban J connectivity index is 1.99. The van der Waals surface area contributed by atoms with Crippen LogP contribution in [0.25, 0.3) is 0 Å². The molecule has 0 saturated carbocycles. The van der Waals surface area contributed by atoms with Crippen LogP contribution < -0.4 is 4.74 Å². The van der Waals surface area contributed by atoms with Gasteiger partial charge in [-0.3, -0.25) is 4.21 Å². The fourth-order valence-corrected chi connectivity index (χ4v) is 3.71. The summed E-state index contributed by atoms with van der Waals surface area (Å²) in [5.74, 6) is 1.03. The molecule has 0 aliphatic heterocycles. The van der Waals surface area contributed by atoms with Crippen LogP contribution in [0.1, 0.15) is 30.1 Å². The normalized spacial score (nSPS) is 13.0. The summed E-state index contributed by atoms with van der Waals surface area (Å²) in [5.41, 5.74) is 0.461. The van der Waals surface area contributed by atoms with Gasteiger partial charge < -0.3 is 9.47 Å². The third kappa shape index (κ3) is 7.18. The van der Waals surface area contributed by atoms with Crippen LogP contribution in [0.3, 0.4) is 0 Å². The summed E-state index contributed by atoms with van der Waals surface area (Å²) in [6.45, 7) is 2.19. The van der Waals surface area contributed by atoms with E-state index in [0.29, 0.717) is 22.1 Å². The molecular weight excluding hydrogens is 372 g/mol. The van der Waals surface area contributed by atoms with Crippen LogP contribution in [0.2, 0.25) is 5.02 Å². The van der Waals surface area contributed by atoms with Crippen LogP contribution in [-0.4, -0.2) is 34.4 Å². The monoisotopic (exact) mass is 394 g/mol. The molecule has 0 heterocycles. The molecule has 0 saturated heterocycles. The summed E-state index contributed by atoms with van der Waals surface area (Å²) in [7, 11) is -1.06. The summed E-state index contributed by atoms with van der Waals surface area (Å²) in [6, 6.07) is 15.7. The van der Waals surface area contributed by atoms with E-state index < -0.39 is 22.9 Å². The number of carbonyl (C=O) groups is 1. The van der Waals surface area contributed by atoms with Gasteiger partial charge in [-0.1, -0.05) is 43.1 Å². The third-order valence-corrected chi connectivity index (χ3v) is 5.37. The van der Waals surface area contributed by atoms with Crippen molar-refractivity contribution >= 4 is 28.4 Å². The van der Waals surface area contributed by atoms with Gasteiger partial charge in [0.2, 0.25) is 0 Å². The van der Waals surface area contributed by atoms with E-state index in [4.69, 9.17) is 21.1 Å². The van der Waals surface area contributed by atoms with Gasteiger partial charge in [0.25, 0.3) is 0 Å². The summed E-state index contributed by atoms with van der Waals surface area (Å²) >= 11 is 5.86. The largest absolute Gasteiger partial charge is 0.490 e. The average Bonchev–Trinajstić information content (AvgIpc) is 2.66. The summed E-state index contributed by atoms with van der Waals surface area (Å²) in [4.78, 5) is 12.3. The van der Waals surface area contributed by atoms with E-state index in [-0.39, 0.29) is 12.4 Å². The molecule has 2 aromatic carbocycles. The summed E-state index contributed by atoms with van der Waals surface area (Å²) in [5, 5.41) is 0.616. The highest BCUT2D eigenvalue weighted by Gasteiger charge is 2.19. The van der Waals surface area contributed by atoms with Gasteiger partial charge >= 0.3 is 5.97 Å². The van der Waals surface area contributed by atoms with Gasteiger partial charge in [0.15, 0.2) is 0 Å². The molecular formula is C20H23ClO4S. The Morgan fingerprint density at radius 1 is 1.12 bits per heavy atom. The number of hydrogen-bond donors (Lipinski definition) is 0. The highest BCUT2D eigenvalue weighted by atomic mass is 35.5. The number of unbranched alkanes of at least 4 members (excludes halogenated alkanes) is 1. The van der Waals surface area contributed by atoms with Crippen LogP contribution in [0.4, 0.5) is 0 Å². The molecule has 0 aliphatic rings. The number of benzene rings is 2. The highest BCUT2D eigenvalue weighted by Crippen LogP contribution is 2.16. The first kappa shape index (κ1) is 20.5. The number of halogens is 1. The zero-order valence-electron chi connectivity index (χ0n) is 14.7. The maximum absolute atomic E-state index is 12.3. The van der Waals surface area contributed by atoms with Crippen molar-refractivity contribution < 1.29 is 18.5 Å². The molecule has 6 heteroatoms. The molecule has 0 N–H and O–H groups in total. The van der Waals surface area contributed by atoms with Crippen molar-refractivity contribution in [1.82, 2.24) is 0 Å². The van der Waals surface area contributed by atoms with Gasteiger partial charge in [0, 0.05) is 21.6 Å². The minimum atomic E-state index is -1.06. The van der Waals surface area contributed by atoms with E-state index in [1.165, 1.54) is 0 Å². The second-order valence-electron chi connectivity index (χ2n) is 5.82. The second kappa shape index (κ2) is 11.0. The second-order valence-corrected chi connectivity index (χ2v) is 7.88.